The highest BCUT2D eigenvalue weighted by Crippen LogP contribution is 2.27. The zero-order chi connectivity index (χ0) is 17.7. The number of nitro groups is 1. The molecule has 0 aliphatic carbocycles. The second kappa shape index (κ2) is 7.53. The number of nitro benzene ring substituents is 1. The van der Waals surface area contributed by atoms with Gasteiger partial charge in [0.15, 0.2) is 5.82 Å². The summed E-state index contributed by atoms with van der Waals surface area (Å²) in [6.45, 7) is 0.548. The molecule has 0 atom stereocenters. The third kappa shape index (κ3) is 4.51. The Morgan fingerprint density at radius 1 is 1.42 bits per heavy atom. The summed E-state index contributed by atoms with van der Waals surface area (Å²) < 4.78 is 14.8. The van der Waals surface area contributed by atoms with Crippen molar-refractivity contribution in [2.24, 2.45) is 0 Å². The molecule has 1 heterocycles. The molecule has 128 valence electrons. The van der Waals surface area contributed by atoms with Crippen molar-refractivity contribution in [2.75, 3.05) is 19.4 Å². The number of aromatic nitrogens is 2. The summed E-state index contributed by atoms with van der Waals surface area (Å²) in [5.74, 6) is -0.227. The number of carbonyl (C=O) groups is 1. The van der Waals surface area contributed by atoms with Gasteiger partial charge in [-0.15, -0.1) is 0 Å². The lowest BCUT2D eigenvalue weighted by molar-refractivity contribution is -0.384. The van der Waals surface area contributed by atoms with Crippen molar-refractivity contribution in [3.05, 3.63) is 46.4 Å². The van der Waals surface area contributed by atoms with Crippen molar-refractivity contribution in [3.63, 3.8) is 0 Å². The predicted octanol–water partition coefficient (Wildman–Crippen LogP) is 2.54. The Labute approximate surface area is 138 Å². The Morgan fingerprint density at radius 3 is 2.83 bits per heavy atom. The Balaban J connectivity index is 1.99. The minimum absolute atomic E-state index is 0.0439. The lowest BCUT2D eigenvalue weighted by Gasteiger charge is -2.09. The van der Waals surface area contributed by atoms with Gasteiger partial charge in [0, 0.05) is 39.3 Å². The summed E-state index contributed by atoms with van der Waals surface area (Å²) in [4.78, 5) is 23.3. The number of nitrogens with one attached hydrogen (secondary N) is 1. The zero-order valence-corrected chi connectivity index (χ0v) is 13.4. The van der Waals surface area contributed by atoms with Gasteiger partial charge in [0.1, 0.15) is 11.5 Å². The van der Waals surface area contributed by atoms with Gasteiger partial charge in [-0.3, -0.25) is 19.6 Å². The molecule has 9 heteroatoms. The number of halogens is 1. The van der Waals surface area contributed by atoms with Crippen molar-refractivity contribution in [1.82, 2.24) is 14.7 Å². The SMILES string of the molecule is CN(C)C(=O)CCCn1ccc(Nc2ccc(F)cc2[N+](=O)[O-])n1. The van der Waals surface area contributed by atoms with Crippen LogP contribution in [0.25, 0.3) is 0 Å². The summed E-state index contributed by atoms with van der Waals surface area (Å²) in [6, 6.07) is 4.94. The van der Waals surface area contributed by atoms with E-state index in [1.54, 1.807) is 31.0 Å². The average molecular weight is 335 g/mol. The first-order chi connectivity index (χ1) is 11.4. The number of hydrogen-bond donors (Lipinski definition) is 1. The molecule has 2 rings (SSSR count). The van der Waals surface area contributed by atoms with Crippen LogP contribution in [0.5, 0.6) is 0 Å². The third-order valence-electron chi connectivity index (χ3n) is 3.34. The topological polar surface area (TPSA) is 93.3 Å². The first-order valence-corrected chi connectivity index (χ1v) is 7.31. The zero-order valence-electron chi connectivity index (χ0n) is 13.4. The van der Waals surface area contributed by atoms with E-state index < -0.39 is 10.7 Å². The highest BCUT2D eigenvalue weighted by atomic mass is 19.1. The predicted molar refractivity (Wildman–Crippen MR) is 86.5 cm³/mol. The molecule has 1 aromatic heterocycles. The van der Waals surface area contributed by atoms with Gasteiger partial charge in [-0.2, -0.15) is 5.10 Å². The molecule has 24 heavy (non-hydrogen) atoms. The summed E-state index contributed by atoms with van der Waals surface area (Å²) in [5, 5.41) is 18.0. The molecule has 2 aromatic rings. The lowest BCUT2D eigenvalue weighted by atomic mass is 10.2. The summed E-state index contributed by atoms with van der Waals surface area (Å²) in [7, 11) is 3.40. The first kappa shape index (κ1) is 17.4. The number of aryl methyl sites for hydroxylation is 1. The van der Waals surface area contributed by atoms with E-state index in [0.717, 1.165) is 12.1 Å². The normalized spacial score (nSPS) is 10.5. The van der Waals surface area contributed by atoms with Crippen LogP contribution in [0.1, 0.15) is 12.8 Å². The fraction of sp³-hybridized carbons (Fsp3) is 0.333. The smallest absolute Gasteiger partial charge is 0.295 e. The minimum atomic E-state index is -0.677. The van der Waals surface area contributed by atoms with E-state index in [2.05, 4.69) is 10.4 Å². The van der Waals surface area contributed by atoms with Gasteiger partial charge >= 0.3 is 0 Å². The quantitative estimate of drug-likeness (QED) is 0.620. The van der Waals surface area contributed by atoms with E-state index in [0.29, 0.717) is 25.2 Å². The summed E-state index contributed by atoms with van der Waals surface area (Å²) in [6.07, 6.45) is 2.76. The molecule has 0 radical (unpaired) electrons. The van der Waals surface area contributed by atoms with Gasteiger partial charge in [-0.1, -0.05) is 0 Å². The van der Waals surface area contributed by atoms with Crippen molar-refractivity contribution >= 4 is 23.1 Å². The van der Waals surface area contributed by atoms with Crippen LogP contribution in [-0.2, 0) is 11.3 Å². The van der Waals surface area contributed by atoms with Gasteiger partial charge in [0.05, 0.1) is 11.0 Å². The standard InChI is InChI=1S/C15H18FN5O3/c1-19(2)15(22)4-3-8-20-9-7-14(18-20)17-12-6-5-11(16)10-13(12)21(23)24/h5-7,9-10H,3-4,8H2,1-2H3,(H,17,18). The fourth-order valence-corrected chi connectivity index (χ4v) is 2.07. The Kier molecular flexibility index (Phi) is 5.46. The van der Waals surface area contributed by atoms with E-state index in [1.807, 2.05) is 0 Å². The van der Waals surface area contributed by atoms with E-state index in [4.69, 9.17) is 0 Å². The second-order valence-electron chi connectivity index (χ2n) is 5.40. The van der Waals surface area contributed by atoms with Gasteiger partial charge in [0.25, 0.3) is 5.69 Å². The van der Waals surface area contributed by atoms with E-state index >= 15 is 0 Å². The van der Waals surface area contributed by atoms with Gasteiger partial charge < -0.3 is 10.2 Å². The maximum Gasteiger partial charge on any atom is 0.295 e. The molecule has 0 spiro atoms. The minimum Gasteiger partial charge on any atom is -0.349 e. The Hall–Kier alpha value is -2.97. The molecule has 1 N–H and O–H groups in total. The van der Waals surface area contributed by atoms with Crippen LogP contribution in [-0.4, -0.2) is 39.6 Å². The van der Waals surface area contributed by atoms with Crippen LogP contribution in [0, 0.1) is 15.9 Å². The van der Waals surface area contributed by atoms with E-state index in [9.17, 15) is 19.3 Å². The molecule has 8 nitrogen and oxygen atoms in total. The number of carbonyl (C=O) groups excluding carboxylic acids is 1. The van der Waals surface area contributed by atoms with Crippen LogP contribution >= 0.6 is 0 Å². The first-order valence-electron chi connectivity index (χ1n) is 7.31. The van der Waals surface area contributed by atoms with Crippen molar-refractivity contribution in [2.45, 2.75) is 19.4 Å². The molecule has 1 aromatic carbocycles. The number of nitrogens with zero attached hydrogens (tertiary/aromatic N) is 4. The monoisotopic (exact) mass is 335 g/mol. The number of rotatable bonds is 7. The number of hydrogen-bond acceptors (Lipinski definition) is 5. The molecule has 0 unspecified atom stereocenters. The summed E-state index contributed by atoms with van der Waals surface area (Å²) in [5.41, 5.74) is -0.199. The van der Waals surface area contributed by atoms with Crippen LogP contribution < -0.4 is 5.32 Å². The number of benzene rings is 1. The van der Waals surface area contributed by atoms with Crippen LogP contribution in [0.15, 0.2) is 30.5 Å². The highest BCUT2D eigenvalue weighted by Gasteiger charge is 2.15. The average Bonchev–Trinajstić information content (AvgIpc) is 2.96. The molecule has 1 amide bonds. The van der Waals surface area contributed by atoms with Gasteiger partial charge in [-0.05, 0) is 18.6 Å². The van der Waals surface area contributed by atoms with Crippen molar-refractivity contribution in [3.8, 4) is 0 Å². The third-order valence-corrected chi connectivity index (χ3v) is 3.34. The maximum absolute atomic E-state index is 13.1. The largest absolute Gasteiger partial charge is 0.349 e. The van der Waals surface area contributed by atoms with Crippen LogP contribution in [0.4, 0.5) is 21.6 Å². The molecule has 0 fully saturated rings. The van der Waals surface area contributed by atoms with Crippen molar-refractivity contribution < 1.29 is 14.1 Å². The Bertz CT molecular complexity index is 744. The molecular formula is C15H18FN5O3. The lowest BCUT2D eigenvalue weighted by Crippen LogP contribution is -2.21. The number of anilines is 2. The molecule has 0 aliphatic rings. The van der Waals surface area contributed by atoms with E-state index in [1.165, 1.54) is 11.0 Å². The van der Waals surface area contributed by atoms with Crippen LogP contribution in [0.2, 0.25) is 0 Å². The maximum atomic E-state index is 13.1. The highest BCUT2D eigenvalue weighted by molar-refractivity contribution is 5.75. The molecule has 0 saturated carbocycles. The fourth-order valence-electron chi connectivity index (χ4n) is 2.07. The van der Waals surface area contributed by atoms with Crippen LogP contribution in [0.3, 0.4) is 0 Å². The van der Waals surface area contributed by atoms with Gasteiger partial charge in [-0.25, -0.2) is 4.39 Å². The molecule has 0 bridgehead atoms. The molecular weight excluding hydrogens is 317 g/mol. The second-order valence-corrected chi connectivity index (χ2v) is 5.40. The molecule has 0 aliphatic heterocycles. The van der Waals surface area contributed by atoms with E-state index in [-0.39, 0.29) is 17.3 Å². The van der Waals surface area contributed by atoms with Crippen molar-refractivity contribution in [1.29, 1.82) is 0 Å². The summed E-state index contributed by atoms with van der Waals surface area (Å²) >= 11 is 0. The molecule has 0 saturated heterocycles. The Morgan fingerprint density at radius 2 is 2.17 bits per heavy atom. The number of amides is 1. The van der Waals surface area contributed by atoms with Gasteiger partial charge in [0.2, 0.25) is 5.91 Å².